The molecule has 8 heteroatoms. The molecule has 2 N–H and O–H groups in total. The number of hydrogen-bond donors (Lipinski definition) is 2. The number of carboxylic acid groups (broad SMARTS) is 1. The summed E-state index contributed by atoms with van der Waals surface area (Å²) >= 11 is 0. The van der Waals surface area contributed by atoms with Crippen molar-refractivity contribution in [2.75, 3.05) is 10.5 Å². The predicted molar refractivity (Wildman–Crippen MR) is 58.6 cm³/mol. The first-order valence-corrected chi connectivity index (χ1v) is 6.12. The van der Waals surface area contributed by atoms with E-state index in [1.54, 1.807) is 0 Å². The number of nitriles is 1. The molecule has 1 heterocycles. The molecule has 0 aliphatic carbocycles. The van der Waals surface area contributed by atoms with Crippen molar-refractivity contribution >= 4 is 21.7 Å². The van der Waals surface area contributed by atoms with Crippen molar-refractivity contribution in [2.24, 2.45) is 0 Å². The van der Waals surface area contributed by atoms with E-state index < -0.39 is 21.7 Å². The van der Waals surface area contributed by atoms with Gasteiger partial charge in [0.1, 0.15) is 0 Å². The highest BCUT2D eigenvalue weighted by Crippen LogP contribution is 2.08. The van der Waals surface area contributed by atoms with Crippen LogP contribution in [-0.2, 0) is 21.2 Å². The van der Waals surface area contributed by atoms with E-state index in [0.717, 1.165) is 0 Å². The first-order chi connectivity index (χ1) is 7.93. The fraction of sp³-hybridized carbons (Fsp3) is 0.222. The average Bonchev–Trinajstić information content (AvgIpc) is 2.19. The maximum atomic E-state index is 11.2. The van der Waals surface area contributed by atoms with Crippen LogP contribution in [0.25, 0.3) is 0 Å². The summed E-state index contributed by atoms with van der Waals surface area (Å²) in [6, 6.07) is 4.31. The lowest BCUT2D eigenvalue weighted by Crippen LogP contribution is -2.15. The van der Waals surface area contributed by atoms with E-state index in [1.807, 2.05) is 0 Å². The summed E-state index contributed by atoms with van der Waals surface area (Å²) in [6.45, 7) is 0. The van der Waals surface area contributed by atoms with E-state index in [-0.39, 0.29) is 12.1 Å². The first-order valence-electron chi connectivity index (χ1n) is 4.47. The molecule has 1 aromatic rings. The molecule has 0 amide bonds. The molecule has 90 valence electrons. The van der Waals surface area contributed by atoms with Crippen molar-refractivity contribution in [3.05, 3.63) is 24.0 Å². The highest BCUT2D eigenvalue weighted by atomic mass is 32.2. The van der Waals surface area contributed by atoms with Crippen LogP contribution >= 0.6 is 0 Å². The molecule has 0 bridgehead atoms. The zero-order valence-electron chi connectivity index (χ0n) is 8.62. The van der Waals surface area contributed by atoms with Gasteiger partial charge in [-0.25, -0.2) is 8.42 Å². The van der Waals surface area contributed by atoms with Gasteiger partial charge in [-0.05, 0) is 12.1 Å². The molecule has 0 fully saturated rings. The van der Waals surface area contributed by atoms with Gasteiger partial charge >= 0.3 is 5.97 Å². The highest BCUT2D eigenvalue weighted by molar-refractivity contribution is 7.92. The lowest BCUT2D eigenvalue weighted by Gasteiger charge is -2.04. The van der Waals surface area contributed by atoms with Gasteiger partial charge in [-0.15, -0.1) is 0 Å². The summed E-state index contributed by atoms with van der Waals surface area (Å²) in [7, 11) is -3.69. The summed E-state index contributed by atoms with van der Waals surface area (Å²) in [4.78, 5) is 14.2. The molecule has 0 aromatic carbocycles. The molecule has 1 rings (SSSR count). The van der Waals surface area contributed by atoms with Gasteiger partial charge < -0.3 is 5.11 Å². The molecule has 0 aliphatic rings. The van der Waals surface area contributed by atoms with Crippen LogP contribution in [0.3, 0.4) is 0 Å². The highest BCUT2D eigenvalue weighted by Gasteiger charge is 2.09. The number of anilines is 1. The molecule has 0 aliphatic heterocycles. The van der Waals surface area contributed by atoms with Crippen LogP contribution in [-0.4, -0.2) is 30.2 Å². The van der Waals surface area contributed by atoms with Gasteiger partial charge in [-0.1, -0.05) is 0 Å². The third kappa shape index (κ3) is 4.48. The largest absolute Gasteiger partial charge is 0.481 e. The maximum Gasteiger partial charge on any atom is 0.309 e. The minimum Gasteiger partial charge on any atom is -0.481 e. The van der Waals surface area contributed by atoms with Gasteiger partial charge in [0.15, 0.2) is 5.75 Å². The minimum atomic E-state index is -3.69. The van der Waals surface area contributed by atoms with Crippen LogP contribution < -0.4 is 4.72 Å². The standard InChI is InChI=1S/C9H9N3O4S/c10-3-4-17(15,16)12-8-2-1-7(11-6-8)5-9(13)14/h1-2,6,12H,4-5H2,(H,13,14). The summed E-state index contributed by atoms with van der Waals surface area (Å²) < 4.78 is 24.6. The fourth-order valence-electron chi connectivity index (χ4n) is 1.04. The lowest BCUT2D eigenvalue weighted by atomic mass is 10.3. The van der Waals surface area contributed by atoms with Gasteiger partial charge in [-0.3, -0.25) is 14.5 Å². The monoisotopic (exact) mass is 255 g/mol. The van der Waals surface area contributed by atoms with Crippen LogP contribution in [0.5, 0.6) is 0 Å². The first kappa shape index (κ1) is 12.9. The van der Waals surface area contributed by atoms with Crippen molar-refractivity contribution in [1.29, 1.82) is 5.26 Å². The van der Waals surface area contributed by atoms with Crippen molar-refractivity contribution in [1.82, 2.24) is 4.98 Å². The minimum absolute atomic E-state index is 0.189. The summed E-state index contributed by atoms with van der Waals surface area (Å²) in [6.07, 6.45) is 0.971. The molecule has 17 heavy (non-hydrogen) atoms. The van der Waals surface area contributed by atoms with Gasteiger partial charge in [0.25, 0.3) is 0 Å². The third-order valence-electron chi connectivity index (χ3n) is 1.69. The van der Waals surface area contributed by atoms with Gasteiger partial charge in [0, 0.05) is 0 Å². The Morgan fingerprint density at radius 2 is 2.24 bits per heavy atom. The molecule has 0 saturated carbocycles. The van der Waals surface area contributed by atoms with E-state index in [1.165, 1.54) is 24.4 Å². The number of rotatable bonds is 5. The van der Waals surface area contributed by atoms with E-state index in [2.05, 4.69) is 9.71 Å². The second-order valence-corrected chi connectivity index (χ2v) is 4.85. The Bertz CT molecular complexity index is 545. The van der Waals surface area contributed by atoms with E-state index in [0.29, 0.717) is 5.69 Å². The number of carboxylic acids is 1. The SMILES string of the molecule is N#CCS(=O)(=O)Nc1ccc(CC(=O)O)nc1. The van der Waals surface area contributed by atoms with Crippen LogP contribution in [0.1, 0.15) is 5.69 Å². The molecule has 0 atom stereocenters. The van der Waals surface area contributed by atoms with E-state index in [4.69, 9.17) is 10.4 Å². The van der Waals surface area contributed by atoms with Crippen LogP contribution in [0.15, 0.2) is 18.3 Å². The van der Waals surface area contributed by atoms with Gasteiger partial charge in [0.2, 0.25) is 10.0 Å². The van der Waals surface area contributed by atoms with Crippen molar-refractivity contribution < 1.29 is 18.3 Å². The molecular formula is C9H9N3O4S. The number of sulfonamides is 1. The molecule has 0 spiro atoms. The second kappa shape index (κ2) is 5.27. The number of aromatic nitrogens is 1. The molecule has 0 saturated heterocycles. The van der Waals surface area contributed by atoms with Crippen molar-refractivity contribution in [2.45, 2.75) is 6.42 Å². The number of aliphatic carboxylic acids is 1. The Labute approximate surface area is 97.8 Å². The summed E-state index contributed by atoms with van der Waals surface area (Å²) in [5.74, 6) is -1.67. The van der Waals surface area contributed by atoms with Crippen LogP contribution in [0, 0.1) is 11.3 Å². The zero-order chi connectivity index (χ0) is 12.9. The topological polar surface area (TPSA) is 120 Å². The smallest absolute Gasteiger partial charge is 0.309 e. The predicted octanol–water partition coefficient (Wildman–Crippen LogP) is -0.0260. The molecule has 1 aromatic heterocycles. The molecule has 0 radical (unpaired) electrons. The molecule has 7 nitrogen and oxygen atoms in total. The summed E-state index contributed by atoms with van der Waals surface area (Å²) in [5, 5.41) is 16.8. The third-order valence-corrected chi connectivity index (χ3v) is 2.74. The van der Waals surface area contributed by atoms with Gasteiger partial charge in [0.05, 0.1) is 30.1 Å². The van der Waals surface area contributed by atoms with Gasteiger partial charge in [-0.2, -0.15) is 5.26 Å². The Hall–Kier alpha value is -2.14. The Morgan fingerprint density at radius 1 is 1.53 bits per heavy atom. The van der Waals surface area contributed by atoms with Crippen molar-refractivity contribution in [3.8, 4) is 6.07 Å². The number of hydrogen-bond acceptors (Lipinski definition) is 5. The maximum absolute atomic E-state index is 11.2. The fourth-order valence-corrected chi connectivity index (χ4v) is 1.77. The molecule has 0 unspecified atom stereocenters. The number of pyridine rings is 1. The van der Waals surface area contributed by atoms with E-state index in [9.17, 15) is 13.2 Å². The lowest BCUT2D eigenvalue weighted by molar-refractivity contribution is -0.136. The zero-order valence-corrected chi connectivity index (χ0v) is 9.44. The normalized spacial score (nSPS) is 10.5. The quantitative estimate of drug-likeness (QED) is 0.762. The van der Waals surface area contributed by atoms with Crippen molar-refractivity contribution in [3.63, 3.8) is 0 Å². The van der Waals surface area contributed by atoms with Crippen LogP contribution in [0.4, 0.5) is 5.69 Å². The number of nitrogens with zero attached hydrogens (tertiary/aromatic N) is 2. The number of carbonyl (C=O) groups is 1. The second-order valence-electron chi connectivity index (χ2n) is 3.13. The number of nitrogens with one attached hydrogen (secondary N) is 1. The summed E-state index contributed by atoms with van der Waals surface area (Å²) in [5.41, 5.74) is 0.509. The molecular weight excluding hydrogens is 246 g/mol. The van der Waals surface area contributed by atoms with Crippen LogP contribution in [0.2, 0.25) is 0 Å². The Kier molecular flexibility index (Phi) is 4.01. The Balaban J connectivity index is 2.76. The average molecular weight is 255 g/mol. The van der Waals surface area contributed by atoms with E-state index >= 15 is 0 Å². The Morgan fingerprint density at radius 3 is 2.71 bits per heavy atom.